The van der Waals surface area contributed by atoms with Gasteiger partial charge in [0.25, 0.3) is 0 Å². The van der Waals surface area contributed by atoms with Crippen molar-refractivity contribution in [2.24, 2.45) is 0 Å². The molecule has 0 aliphatic rings. The first kappa shape index (κ1) is 92.7. The van der Waals surface area contributed by atoms with Gasteiger partial charge in [-0.05, 0) is 0 Å². The Balaban J connectivity index is -0.0000000141. The maximum absolute atomic E-state index is 8.60. The minimum atomic E-state index is -4.20. The van der Waals surface area contributed by atoms with Crippen molar-refractivity contribution in [3.05, 3.63) is 0 Å². The van der Waals surface area contributed by atoms with Gasteiger partial charge >= 0.3 is 516 Å². The van der Waals surface area contributed by atoms with Crippen molar-refractivity contribution in [1.29, 1.82) is 0 Å². The van der Waals surface area contributed by atoms with Crippen molar-refractivity contribution in [1.82, 2.24) is 0 Å². The Morgan fingerprint density at radius 2 is 0.316 bits per heavy atom. The third kappa shape index (κ3) is 729. The smallest absolute Gasteiger partial charge is 2.00 e. The SMILES string of the molecule is [Ba+2].[Ba+2].[Ba+2].[O]=[Nb](=[O])[O-].[O]=[Nb](=[O])[O-].[O]=[Nb](=[O])[O-].[O]=[Nb](=[O])[O-].[O]=[Ti]([O-])[O-].[O]=[Ti]([O-])[O-].[O]=[Ti]([O-])[O-].[O]=[Ti]([O-])[O-].[Sr+2].[Sr+2].[Sr+2]. The summed E-state index contributed by atoms with van der Waals surface area (Å²) in [5.74, 6) is 0. The molecule has 0 aromatic rings. The summed E-state index contributed by atoms with van der Waals surface area (Å²) < 4.78 is 206. The number of hydrogen-bond acceptors (Lipinski definition) is 24. The van der Waals surface area contributed by atoms with Gasteiger partial charge in [-0.3, -0.25) is 0 Å². The second kappa shape index (κ2) is 87.2. The van der Waals surface area contributed by atoms with Gasteiger partial charge in [-0.1, -0.05) is 0 Å². The summed E-state index contributed by atoms with van der Waals surface area (Å²) in [6.07, 6.45) is 0. The first-order valence-corrected chi connectivity index (χ1v) is 23.1. The summed E-state index contributed by atoms with van der Waals surface area (Å²) in [5, 5.41) is 0. The summed E-state index contributed by atoms with van der Waals surface area (Å²) in [7, 11) is 0. The zero-order chi connectivity index (χ0) is 28.6. The van der Waals surface area contributed by atoms with Crippen LogP contribution in [0.25, 0.3) is 0 Å². The molecule has 0 rings (SSSR count). The van der Waals surface area contributed by atoms with E-state index in [0.717, 1.165) is 0 Å². The average Bonchev–Trinajstić information content (AvgIpc) is 2.30. The van der Waals surface area contributed by atoms with E-state index in [9.17, 15) is 0 Å². The van der Waals surface area contributed by atoms with E-state index < -0.39 is 150 Å². The van der Waals surface area contributed by atoms with E-state index in [0.29, 0.717) is 0 Å². The molecule has 0 aromatic carbocycles. The fourth-order valence-electron chi connectivity index (χ4n) is 0. The van der Waals surface area contributed by atoms with Crippen molar-refractivity contribution < 1.29 is 233 Å². The molecule has 0 aliphatic carbocycles. The predicted octanol–water partition coefficient (Wildman–Crippen LogP) is -18.0. The van der Waals surface area contributed by atoms with Crippen LogP contribution in [-0.2, 0) is 189 Å². The van der Waals surface area contributed by atoms with E-state index in [2.05, 4.69) is 0 Å². The molecule has 0 amide bonds. The van der Waals surface area contributed by atoms with Crippen LogP contribution >= 0.6 is 0 Å². The van der Waals surface area contributed by atoms with Gasteiger partial charge in [0.15, 0.2) is 0 Å². The maximum atomic E-state index is 8.60. The maximum Gasteiger partial charge on any atom is 2.00 e. The van der Waals surface area contributed by atoms with Crippen molar-refractivity contribution >= 4 is 283 Å². The molecule has 0 heterocycles. The van der Waals surface area contributed by atoms with Gasteiger partial charge in [-0.15, -0.1) is 0 Å². The summed E-state index contributed by atoms with van der Waals surface area (Å²) in [4.78, 5) is 0. The van der Waals surface area contributed by atoms with Gasteiger partial charge < -0.3 is 0 Å². The van der Waals surface area contributed by atoms with E-state index in [4.69, 9.17) is 83.3 Å². The van der Waals surface area contributed by atoms with Crippen LogP contribution in [0.15, 0.2) is 0 Å². The predicted molar refractivity (Wildman–Crippen MR) is 42.8 cm³/mol. The topological polar surface area (TPSA) is 482 Å². The van der Waals surface area contributed by atoms with Crippen LogP contribution in [0.2, 0.25) is 0 Å². The molecule has 0 saturated heterocycles. The fraction of sp³-hybridized carbons (Fsp3) is 0. The van der Waals surface area contributed by atoms with E-state index in [-0.39, 0.29) is 283 Å². The van der Waals surface area contributed by atoms with Crippen LogP contribution in [0.4, 0.5) is 0 Å². The van der Waals surface area contributed by atoms with Crippen molar-refractivity contribution in [3.8, 4) is 0 Å². The standard InChI is InChI=1S/3Ba.4Nb.24O.3Sr.4Ti/q3*+2;;;;;;;;;;;;;;;;;12*-1;3*+2;;;;. The number of hydrogen-bond donors (Lipinski definition) is 0. The second-order valence-electron chi connectivity index (χ2n) is 1.89. The summed E-state index contributed by atoms with van der Waals surface area (Å²) >= 11 is -33.1. The van der Waals surface area contributed by atoms with Gasteiger partial charge in [0.05, 0.1) is 0 Å². The Morgan fingerprint density at radius 3 is 0.316 bits per heavy atom. The van der Waals surface area contributed by atoms with E-state index in [1.807, 2.05) is 0 Å². The molecule has 0 fully saturated rings. The zero-order valence-corrected chi connectivity index (χ0v) is 56.6. The molecule has 0 aromatic heterocycles. The first-order valence-electron chi connectivity index (χ1n) is 4.64. The van der Waals surface area contributed by atoms with E-state index in [1.54, 1.807) is 0 Å². The molecule has 0 aliphatic heterocycles. The largest absolute Gasteiger partial charge is 2.00 e. The van der Waals surface area contributed by atoms with E-state index in [1.165, 1.54) is 0 Å². The van der Waals surface area contributed by atoms with E-state index >= 15 is 0 Å². The molecule has 0 unspecified atom stereocenters. The Hall–Kier alpha value is 12.1. The molecule has 0 spiro atoms. The monoisotopic (exact) mass is 1620 g/mol. The third-order valence-electron chi connectivity index (χ3n) is 0. The van der Waals surface area contributed by atoms with Gasteiger partial charge in [-0.25, -0.2) is 0 Å². The van der Waals surface area contributed by atoms with Crippen LogP contribution in [0, 0.1) is 0 Å². The Bertz CT molecular complexity index is 600. The van der Waals surface area contributed by atoms with Crippen LogP contribution in [-0.4, -0.2) is 283 Å². The van der Waals surface area contributed by atoms with Gasteiger partial charge in [0.1, 0.15) is 0 Å². The third-order valence-corrected chi connectivity index (χ3v) is 0. The molecule has 38 heteroatoms. The molecule has 0 bridgehead atoms. The van der Waals surface area contributed by atoms with Crippen molar-refractivity contribution in [3.63, 3.8) is 0 Å². The second-order valence-corrected chi connectivity index (χ2v) is 9.41. The normalized spacial score (nSPS) is 5.37. The van der Waals surface area contributed by atoms with Gasteiger partial charge in [-0.2, -0.15) is 0 Å². The molecule has 38 heavy (non-hydrogen) atoms. The Morgan fingerprint density at radius 1 is 0.316 bits per heavy atom. The molecule has 192 valence electrons. The molecule has 24 nitrogen and oxygen atoms in total. The molecular weight excluding hydrogens is 1620 g/mol. The first-order chi connectivity index (χ1) is 13.9. The average molecular weight is 1620 g/mol. The van der Waals surface area contributed by atoms with Crippen LogP contribution in [0.5, 0.6) is 0 Å². The van der Waals surface area contributed by atoms with Crippen LogP contribution in [0.1, 0.15) is 0 Å². The Labute approximate surface area is 498 Å². The van der Waals surface area contributed by atoms with Crippen LogP contribution in [0.3, 0.4) is 0 Å². The zero-order valence-electron chi connectivity index (χ0n) is 17.8. The van der Waals surface area contributed by atoms with Gasteiger partial charge in [0.2, 0.25) is 0 Å². The molecule has 0 N–H and O–H groups in total. The number of rotatable bonds is 0. The summed E-state index contributed by atoms with van der Waals surface area (Å²) in [6.45, 7) is 0. The molecule has 0 radical (unpaired) electrons. The minimum absolute atomic E-state index is 0. The van der Waals surface area contributed by atoms with Crippen LogP contribution < -0.4 is 44.0 Å². The quantitative estimate of drug-likeness (QED) is 0.203. The molecule has 0 atom stereocenters. The fourth-order valence-corrected chi connectivity index (χ4v) is 0. The van der Waals surface area contributed by atoms with Crippen molar-refractivity contribution in [2.45, 2.75) is 0 Å². The summed E-state index contributed by atoms with van der Waals surface area (Å²) in [6, 6.07) is 0. The minimum Gasteiger partial charge on any atom is 2.00 e. The molecule has 0 saturated carbocycles. The Kier molecular flexibility index (Phi) is 213. The van der Waals surface area contributed by atoms with Crippen molar-refractivity contribution in [2.75, 3.05) is 0 Å². The van der Waals surface area contributed by atoms with Gasteiger partial charge in [0, 0.05) is 0 Å². The summed E-state index contributed by atoms with van der Waals surface area (Å²) in [5.41, 5.74) is 0. The molecular formula is Ba3Nb4O24Sr3Ti4.